The van der Waals surface area contributed by atoms with E-state index in [4.69, 9.17) is 4.74 Å². The van der Waals surface area contributed by atoms with Gasteiger partial charge in [-0.25, -0.2) is 4.98 Å². The molecule has 1 N–H and O–H groups in total. The summed E-state index contributed by atoms with van der Waals surface area (Å²) in [6, 6.07) is 9.33. The fourth-order valence-electron chi connectivity index (χ4n) is 3.89. The molecule has 0 bridgehead atoms. The van der Waals surface area contributed by atoms with Crippen LogP contribution < -0.4 is 10.1 Å². The van der Waals surface area contributed by atoms with Crippen LogP contribution in [0.4, 0.5) is 13.2 Å². The molecule has 1 atom stereocenters. The van der Waals surface area contributed by atoms with Crippen LogP contribution in [0.25, 0.3) is 0 Å². The Morgan fingerprint density at radius 2 is 1.96 bits per heavy atom. The van der Waals surface area contributed by atoms with Gasteiger partial charge in [0.15, 0.2) is 0 Å². The molecule has 0 radical (unpaired) electrons. The van der Waals surface area contributed by atoms with E-state index in [0.29, 0.717) is 22.7 Å². The number of nitrogens with zero attached hydrogens (tertiary/aromatic N) is 2. The van der Waals surface area contributed by atoms with Crippen molar-refractivity contribution in [2.45, 2.75) is 36.9 Å². The molecule has 1 aromatic heterocycles. The van der Waals surface area contributed by atoms with Gasteiger partial charge in [0, 0.05) is 17.5 Å². The van der Waals surface area contributed by atoms with Crippen molar-refractivity contribution in [1.82, 2.24) is 10.3 Å². The number of nitrogens with one attached hydrogen (secondary N) is 1. The van der Waals surface area contributed by atoms with E-state index in [0.717, 1.165) is 18.9 Å². The summed E-state index contributed by atoms with van der Waals surface area (Å²) in [7, 11) is 0. The first-order valence-electron chi connectivity index (χ1n) is 9.10. The Morgan fingerprint density at radius 3 is 2.71 bits per heavy atom. The molecule has 0 saturated heterocycles. The lowest BCUT2D eigenvalue weighted by atomic mass is 9.69. The maximum Gasteiger partial charge on any atom is 0.433 e. The van der Waals surface area contributed by atoms with Gasteiger partial charge in [0.25, 0.3) is 0 Å². The molecule has 1 aliphatic carbocycles. The standard InChI is InChI=1S/C20H16F3N3O2/c21-20(22,23)15-8-7-12-16(25-15)19(18(27)26-17(12)24-11-5-6-11)9-10-28-14-4-2-1-3-13(14)19/h1-4,7-8,11H,5-6,9-10H2,(H,24,26,27). The molecular formula is C20H16F3N3O2. The van der Waals surface area contributed by atoms with Gasteiger partial charge in [-0.3, -0.25) is 9.79 Å². The molecule has 1 amide bonds. The van der Waals surface area contributed by atoms with Crippen LogP contribution in [0.3, 0.4) is 0 Å². The predicted octanol–water partition coefficient (Wildman–Crippen LogP) is 3.21. The minimum Gasteiger partial charge on any atom is -0.493 e. The molecule has 1 spiro atoms. The number of pyridine rings is 1. The van der Waals surface area contributed by atoms with Crippen LogP contribution in [0.1, 0.15) is 41.8 Å². The molecule has 28 heavy (non-hydrogen) atoms. The highest BCUT2D eigenvalue weighted by molar-refractivity contribution is 6.16. The van der Waals surface area contributed by atoms with E-state index in [9.17, 15) is 18.0 Å². The second-order valence-electron chi connectivity index (χ2n) is 7.25. The van der Waals surface area contributed by atoms with E-state index in [2.05, 4.69) is 15.3 Å². The third-order valence-corrected chi connectivity index (χ3v) is 5.40. The Kier molecular flexibility index (Phi) is 3.56. The van der Waals surface area contributed by atoms with Gasteiger partial charge in [0.2, 0.25) is 5.91 Å². The average molecular weight is 387 g/mol. The lowest BCUT2D eigenvalue weighted by molar-refractivity contribution is -0.141. The van der Waals surface area contributed by atoms with Crippen LogP contribution in [0.15, 0.2) is 41.4 Å². The second-order valence-corrected chi connectivity index (χ2v) is 7.25. The van der Waals surface area contributed by atoms with E-state index >= 15 is 0 Å². The number of amides is 1. The van der Waals surface area contributed by atoms with E-state index < -0.39 is 23.2 Å². The Bertz CT molecular complexity index is 1010. The van der Waals surface area contributed by atoms with Gasteiger partial charge in [-0.1, -0.05) is 18.2 Å². The predicted molar refractivity (Wildman–Crippen MR) is 94.3 cm³/mol. The molecule has 3 aliphatic rings. The van der Waals surface area contributed by atoms with E-state index in [1.54, 1.807) is 24.3 Å². The highest BCUT2D eigenvalue weighted by Crippen LogP contribution is 2.47. The number of fused-ring (bicyclic) bond motifs is 4. The number of benzene rings is 1. The first kappa shape index (κ1) is 17.2. The maximum absolute atomic E-state index is 13.4. The number of aliphatic imine (C=N–C) groups is 1. The summed E-state index contributed by atoms with van der Waals surface area (Å²) in [5.74, 6) is 0.372. The minimum atomic E-state index is -4.61. The lowest BCUT2D eigenvalue weighted by Crippen LogP contribution is -2.55. The van der Waals surface area contributed by atoms with Crippen molar-refractivity contribution in [3.63, 3.8) is 0 Å². The molecule has 1 unspecified atom stereocenters. The fraction of sp³-hybridized carbons (Fsp3) is 0.350. The van der Waals surface area contributed by atoms with E-state index in [-0.39, 0.29) is 24.8 Å². The summed E-state index contributed by atoms with van der Waals surface area (Å²) in [6.45, 7) is 0.205. The molecular weight excluding hydrogens is 371 g/mol. The number of carbonyl (C=O) groups excluding carboxylic acids is 1. The Labute approximate surface area is 158 Å². The molecule has 1 aromatic carbocycles. The van der Waals surface area contributed by atoms with Gasteiger partial charge in [0.1, 0.15) is 22.7 Å². The number of amidine groups is 1. The van der Waals surface area contributed by atoms with Crippen LogP contribution in [-0.2, 0) is 16.4 Å². The third-order valence-electron chi connectivity index (χ3n) is 5.40. The van der Waals surface area contributed by atoms with Crippen LogP contribution in [0.2, 0.25) is 0 Å². The van der Waals surface area contributed by atoms with Crippen LogP contribution in [0.5, 0.6) is 5.75 Å². The zero-order chi connectivity index (χ0) is 19.5. The Hall–Kier alpha value is -2.90. The number of rotatable bonds is 1. The normalized spacial score (nSPS) is 25.1. The summed E-state index contributed by atoms with van der Waals surface area (Å²) in [5.41, 5.74) is -1.29. The number of para-hydroxylation sites is 1. The first-order valence-corrected chi connectivity index (χ1v) is 9.10. The van der Waals surface area contributed by atoms with E-state index in [1.807, 2.05) is 0 Å². The summed E-state index contributed by atoms with van der Waals surface area (Å²) in [5, 5.41) is 2.84. The number of alkyl halides is 3. The average Bonchev–Trinajstić information content (AvgIpc) is 3.49. The number of carbonyl (C=O) groups is 1. The number of hydrogen-bond acceptors (Lipinski definition) is 4. The molecule has 3 heterocycles. The molecule has 2 aromatic rings. The molecule has 144 valence electrons. The number of halogens is 3. The van der Waals surface area contributed by atoms with Crippen molar-refractivity contribution < 1.29 is 22.7 Å². The van der Waals surface area contributed by atoms with Gasteiger partial charge in [-0.05, 0) is 31.0 Å². The highest BCUT2D eigenvalue weighted by atomic mass is 19.4. The highest BCUT2D eigenvalue weighted by Gasteiger charge is 2.53. The quantitative estimate of drug-likeness (QED) is 0.817. The number of aromatic nitrogens is 1. The monoisotopic (exact) mass is 387 g/mol. The molecule has 2 aliphatic heterocycles. The van der Waals surface area contributed by atoms with Crippen molar-refractivity contribution in [3.05, 3.63) is 58.9 Å². The van der Waals surface area contributed by atoms with E-state index in [1.165, 1.54) is 6.07 Å². The van der Waals surface area contributed by atoms with Crippen LogP contribution in [-0.4, -0.2) is 29.4 Å². The smallest absolute Gasteiger partial charge is 0.433 e. The third kappa shape index (κ3) is 2.51. The molecule has 1 saturated carbocycles. The van der Waals surface area contributed by atoms with Crippen molar-refractivity contribution in [2.75, 3.05) is 6.61 Å². The SMILES string of the molecule is O=C1NC(=NC2CC2)c2ccc(C(F)(F)F)nc2C12CCOc1ccccc12. The van der Waals surface area contributed by atoms with Crippen molar-refractivity contribution in [1.29, 1.82) is 0 Å². The largest absolute Gasteiger partial charge is 0.493 e. The van der Waals surface area contributed by atoms with Crippen LogP contribution in [0, 0.1) is 0 Å². The lowest BCUT2D eigenvalue weighted by Gasteiger charge is -2.41. The van der Waals surface area contributed by atoms with Crippen molar-refractivity contribution in [3.8, 4) is 5.75 Å². The molecule has 8 heteroatoms. The first-order chi connectivity index (χ1) is 13.4. The van der Waals surface area contributed by atoms with Crippen molar-refractivity contribution >= 4 is 11.7 Å². The molecule has 1 fully saturated rings. The second kappa shape index (κ2) is 5.80. The van der Waals surface area contributed by atoms with Gasteiger partial charge in [-0.15, -0.1) is 0 Å². The van der Waals surface area contributed by atoms with Gasteiger partial charge in [-0.2, -0.15) is 13.2 Å². The Morgan fingerprint density at radius 1 is 1.18 bits per heavy atom. The minimum absolute atomic E-state index is 0.0984. The number of ether oxygens (including phenoxy) is 1. The summed E-state index contributed by atoms with van der Waals surface area (Å²) < 4.78 is 45.9. The summed E-state index contributed by atoms with van der Waals surface area (Å²) in [6.07, 6.45) is -2.59. The summed E-state index contributed by atoms with van der Waals surface area (Å²) >= 11 is 0. The van der Waals surface area contributed by atoms with Gasteiger partial charge >= 0.3 is 6.18 Å². The maximum atomic E-state index is 13.4. The number of hydrogen-bond donors (Lipinski definition) is 1. The topological polar surface area (TPSA) is 63.6 Å². The Balaban J connectivity index is 1.79. The summed E-state index contributed by atoms with van der Waals surface area (Å²) in [4.78, 5) is 21.8. The van der Waals surface area contributed by atoms with Crippen LogP contribution >= 0.6 is 0 Å². The van der Waals surface area contributed by atoms with Gasteiger partial charge < -0.3 is 10.1 Å². The molecule has 5 nitrogen and oxygen atoms in total. The zero-order valence-corrected chi connectivity index (χ0v) is 14.7. The fourth-order valence-corrected chi connectivity index (χ4v) is 3.89. The zero-order valence-electron chi connectivity index (χ0n) is 14.7. The molecule has 5 rings (SSSR count). The van der Waals surface area contributed by atoms with Gasteiger partial charge in [0.05, 0.1) is 18.3 Å². The van der Waals surface area contributed by atoms with Crippen molar-refractivity contribution in [2.24, 2.45) is 4.99 Å².